The van der Waals surface area contributed by atoms with Crippen LogP contribution < -0.4 is 10.6 Å². The highest BCUT2D eigenvalue weighted by Crippen LogP contribution is 2.52. The fourth-order valence-electron chi connectivity index (χ4n) is 4.35. The number of nitrogens with zero attached hydrogens (tertiary/aromatic N) is 2. The number of carbonyl (C=O) groups is 2. The number of aliphatic imine (C=N–C) groups is 1. The minimum Gasteiger partial charge on any atom is -0.350 e. The number of halogens is 1. The lowest BCUT2D eigenvalue weighted by Crippen LogP contribution is -2.51. The van der Waals surface area contributed by atoms with Crippen LogP contribution in [0.25, 0.3) is 0 Å². The molecule has 5 rings (SSSR count). The molecule has 0 bridgehead atoms. The van der Waals surface area contributed by atoms with E-state index in [0.717, 1.165) is 34.9 Å². The van der Waals surface area contributed by atoms with E-state index in [0.29, 0.717) is 24.7 Å². The third-order valence-corrected chi connectivity index (χ3v) is 6.56. The van der Waals surface area contributed by atoms with E-state index >= 15 is 0 Å². The Balaban J connectivity index is 1.31. The number of fused-ring (bicyclic) bond motifs is 3. The predicted molar refractivity (Wildman–Crippen MR) is 107 cm³/mol. The fourth-order valence-corrected chi connectivity index (χ4v) is 4.71. The zero-order valence-corrected chi connectivity index (χ0v) is 17.1. The molecular weight excluding hydrogens is 424 g/mol. The normalized spacial score (nSPS) is 26.8. The predicted octanol–water partition coefficient (Wildman–Crippen LogP) is 2.03. The molecule has 146 valence electrons. The van der Waals surface area contributed by atoms with E-state index < -0.39 is 5.72 Å². The van der Waals surface area contributed by atoms with Crippen molar-refractivity contribution in [3.05, 3.63) is 45.6 Å². The van der Waals surface area contributed by atoms with Gasteiger partial charge in [0, 0.05) is 33.8 Å². The van der Waals surface area contributed by atoms with Gasteiger partial charge in [0.15, 0.2) is 5.72 Å². The highest BCUT2D eigenvalue weighted by molar-refractivity contribution is 9.10. The molecule has 1 atom stereocenters. The summed E-state index contributed by atoms with van der Waals surface area (Å²) in [5.41, 5.74) is 2.16. The molecule has 7 nitrogen and oxygen atoms in total. The van der Waals surface area contributed by atoms with Crippen LogP contribution in [0.3, 0.4) is 0 Å². The van der Waals surface area contributed by atoms with Crippen molar-refractivity contribution in [3.63, 3.8) is 0 Å². The van der Waals surface area contributed by atoms with Crippen LogP contribution in [-0.4, -0.2) is 48.1 Å². The van der Waals surface area contributed by atoms with Crippen LogP contribution in [0.2, 0.25) is 0 Å². The second kappa shape index (κ2) is 6.15. The Bertz CT molecular complexity index is 953. The molecule has 1 aliphatic carbocycles. The van der Waals surface area contributed by atoms with Crippen LogP contribution in [0.1, 0.15) is 42.1 Å². The summed E-state index contributed by atoms with van der Waals surface area (Å²) in [4.78, 5) is 31.7. The van der Waals surface area contributed by atoms with Crippen LogP contribution in [0.15, 0.2) is 39.4 Å². The van der Waals surface area contributed by atoms with Crippen LogP contribution in [0.5, 0.6) is 0 Å². The molecule has 1 saturated heterocycles. The van der Waals surface area contributed by atoms with Crippen LogP contribution in [-0.2, 0) is 14.9 Å². The Labute approximate surface area is 171 Å². The summed E-state index contributed by atoms with van der Waals surface area (Å²) in [5.74, 6) is -0.00975. The molecule has 2 amide bonds. The standard InChI is InChI=1S/C20H21BrN4O3/c1-19-12(4-7-28-19)9-22-18(24-19)23-16(26)10-25-11-20(5-6-20)15-8-13(21)2-3-14(15)17(25)27/h2-3,8-9H,4-7,10-11H2,1H3,(H2,22,23,24,26). The monoisotopic (exact) mass is 444 g/mol. The van der Waals surface area contributed by atoms with Gasteiger partial charge in [0.1, 0.15) is 6.54 Å². The van der Waals surface area contributed by atoms with Crippen molar-refractivity contribution in [1.82, 2.24) is 15.5 Å². The number of carbonyl (C=O) groups excluding carboxylic acids is 2. The van der Waals surface area contributed by atoms with Crippen molar-refractivity contribution in [2.24, 2.45) is 4.99 Å². The van der Waals surface area contributed by atoms with Crippen molar-refractivity contribution in [3.8, 4) is 0 Å². The summed E-state index contributed by atoms with van der Waals surface area (Å²) in [6.45, 7) is 3.09. The summed E-state index contributed by atoms with van der Waals surface area (Å²) >= 11 is 3.50. The molecule has 1 saturated carbocycles. The summed E-state index contributed by atoms with van der Waals surface area (Å²) in [6.07, 6.45) is 4.75. The Morgan fingerprint density at radius 2 is 2.25 bits per heavy atom. The number of ether oxygens (including phenoxy) is 1. The van der Waals surface area contributed by atoms with Gasteiger partial charge >= 0.3 is 0 Å². The molecule has 1 aromatic rings. The van der Waals surface area contributed by atoms with Gasteiger partial charge in [-0.05, 0) is 49.9 Å². The van der Waals surface area contributed by atoms with E-state index in [1.165, 1.54) is 0 Å². The topological polar surface area (TPSA) is 83.0 Å². The first-order valence-corrected chi connectivity index (χ1v) is 10.3. The molecule has 1 aromatic carbocycles. The van der Waals surface area contributed by atoms with Crippen molar-refractivity contribution < 1.29 is 14.3 Å². The number of nitrogens with one attached hydrogen (secondary N) is 2. The van der Waals surface area contributed by atoms with E-state index in [1.807, 2.05) is 31.3 Å². The number of benzene rings is 1. The van der Waals surface area contributed by atoms with Crippen LogP contribution >= 0.6 is 15.9 Å². The van der Waals surface area contributed by atoms with Gasteiger partial charge in [-0.15, -0.1) is 0 Å². The van der Waals surface area contributed by atoms with Crippen molar-refractivity contribution in [2.75, 3.05) is 19.7 Å². The molecule has 3 aliphatic heterocycles. The molecule has 8 heteroatoms. The minimum atomic E-state index is -0.709. The van der Waals surface area contributed by atoms with Crippen molar-refractivity contribution in [2.45, 2.75) is 37.3 Å². The number of hydrogen-bond donors (Lipinski definition) is 2. The Morgan fingerprint density at radius 3 is 3.04 bits per heavy atom. The summed E-state index contributed by atoms with van der Waals surface area (Å²) in [7, 11) is 0. The Morgan fingerprint density at radius 1 is 1.43 bits per heavy atom. The zero-order valence-electron chi connectivity index (χ0n) is 15.5. The average molecular weight is 445 g/mol. The fraction of sp³-hybridized carbons (Fsp3) is 0.450. The van der Waals surface area contributed by atoms with Gasteiger partial charge in [-0.25, -0.2) is 4.99 Å². The largest absolute Gasteiger partial charge is 0.350 e. The smallest absolute Gasteiger partial charge is 0.254 e. The van der Waals surface area contributed by atoms with E-state index in [-0.39, 0.29) is 23.8 Å². The van der Waals surface area contributed by atoms with E-state index in [4.69, 9.17) is 4.74 Å². The first kappa shape index (κ1) is 17.9. The number of amides is 2. The average Bonchev–Trinajstić information content (AvgIpc) is 3.31. The number of rotatable bonds is 2. The van der Waals surface area contributed by atoms with E-state index in [2.05, 4.69) is 31.6 Å². The van der Waals surface area contributed by atoms with Gasteiger partial charge < -0.3 is 15.0 Å². The molecule has 28 heavy (non-hydrogen) atoms. The van der Waals surface area contributed by atoms with E-state index in [9.17, 15) is 9.59 Å². The number of hydrogen-bond acceptors (Lipinski definition) is 5. The van der Waals surface area contributed by atoms with Gasteiger partial charge in [-0.2, -0.15) is 0 Å². The molecule has 4 aliphatic rings. The number of guanidine groups is 1. The summed E-state index contributed by atoms with van der Waals surface area (Å²) in [5, 5.41) is 5.79. The van der Waals surface area contributed by atoms with Crippen molar-refractivity contribution in [1.29, 1.82) is 0 Å². The molecule has 2 fully saturated rings. The first-order valence-electron chi connectivity index (χ1n) is 9.48. The van der Waals surface area contributed by atoms with Crippen LogP contribution in [0.4, 0.5) is 0 Å². The lowest BCUT2D eigenvalue weighted by atomic mass is 9.86. The molecular formula is C20H21BrN4O3. The maximum Gasteiger partial charge on any atom is 0.254 e. The molecule has 0 aromatic heterocycles. The summed E-state index contributed by atoms with van der Waals surface area (Å²) in [6, 6.07) is 5.77. The zero-order chi connectivity index (χ0) is 19.5. The maximum atomic E-state index is 12.9. The second-order valence-electron chi connectivity index (χ2n) is 8.04. The highest BCUT2D eigenvalue weighted by Gasteiger charge is 2.51. The van der Waals surface area contributed by atoms with Gasteiger partial charge in [-0.3, -0.25) is 14.9 Å². The molecule has 1 unspecified atom stereocenters. The quantitative estimate of drug-likeness (QED) is 0.730. The first-order chi connectivity index (χ1) is 13.4. The lowest BCUT2D eigenvalue weighted by molar-refractivity contribution is -0.120. The van der Waals surface area contributed by atoms with Crippen LogP contribution in [0, 0.1) is 0 Å². The highest BCUT2D eigenvalue weighted by atomic mass is 79.9. The molecule has 1 spiro atoms. The Kier molecular flexibility index (Phi) is 3.93. The SMILES string of the molecule is CC12N=C(NC(=O)CN3CC4(CC4)c4cc(Br)ccc4C3=O)NC=C1CCO2. The van der Waals surface area contributed by atoms with Gasteiger partial charge in [0.25, 0.3) is 5.91 Å². The minimum absolute atomic E-state index is 0.00326. The van der Waals surface area contributed by atoms with Gasteiger partial charge in [0.2, 0.25) is 11.9 Å². The third kappa shape index (κ3) is 2.86. The Hall–Kier alpha value is -2.19. The summed E-state index contributed by atoms with van der Waals surface area (Å²) < 4.78 is 6.67. The lowest BCUT2D eigenvalue weighted by Gasteiger charge is -2.34. The van der Waals surface area contributed by atoms with Crippen molar-refractivity contribution >= 4 is 33.7 Å². The van der Waals surface area contributed by atoms with Gasteiger partial charge in [-0.1, -0.05) is 15.9 Å². The molecule has 2 N–H and O–H groups in total. The molecule has 3 heterocycles. The second-order valence-corrected chi connectivity index (χ2v) is 8.95. The van der Waals surface area contributed by atoms with Gasteiger partial charge in [0.05, 0.1) is 6.61 Å². The molecule has 0 radical (unpaired) electrons. The maximum absolute atomic E-state index is 12.9. The third-order valence-electron chi connectivity index (χ3n) is 6.07. The van der Waals surface area contributed by atoms with E-state index in [1.54, 1.807) is 4.90 Å².